The summed E-state index contributed by atoms with van der Waals surface area (Å²) in [4.78, 5) is 0. The first-order chi connectivity index (χ1) is 12.9. The lowest BCUT2D eigenvalue weighted by Gasteiger charge is -2.23. The second kappa shape index (κ2) is 13.0. The first-order valence-corrected chi connectivity index (χ1v) is 22.2. The minimum Gasteiger partial charge on any atom is -0.156 e. The van der Waals surface area contributed by atoms with Crippen LogP contribution >= 0.6 is 133 Å². The van der Waals surface area contributed by atoms with Crippen LogP contribution in [-0.4, -0.2) is 76.2 Å². The molecule has 0 aromatic rings. The van der Waals surface area contributed by atoms with Gasteiger partial charge in [0.15, 0.2) is 0 Å². The van der Waals surface area contributed by atoms with Crippen molar-refractivity contribution in [3.8, 4) is 0 Å². The van der Waals surface area contributed by atoms with Crippen LogP contribution in [0.2, 0.25) is 0 Å². The van der Waals surface area contributed by atoms with E-state index in [4.69, 9.17) is 0 Å². The Kier molecular flexibility index (Phi) is 11.7. The fourth-order valence-electron chi connectivity index (χ4n) is 1.60. The molecule has 4 aliphatic heterocycles. The third-order valence-corrected chi connectivity index (χ3v) is 21.8. The molecule has 0 saturated carbocycles. The Morgan fingerprint density at radius 2 is 0.731 bits per heavy atom. The second-order valence-electron chi connectivity index (χ2n) is 6.08. The monoisotopic (exact) mass is 574 g/mol. The summed E-state index contributed by atoms with van der Waals surface area (Å²) in [6, 6.07) is 0. The maximum absolute atomic E-state index is 2.18. The molecule has 0 radical (unpaired) electrons. The second-order valence-corrected chi connectivity index (χ2v) is 22.2. The molecule has 4 heterocycles. The summed E-state index contributed by atoms with van der Waals surface area (Å²) in [5.41, 5.74) is 0. The van der Waals surface area contributed by atoms with Crippen LogP contribution in [0.4, 0.5) is 0 Å². The smallest absolute Gasteiger partial charge is 0.0936 e. The molecule has 0 N–H and O–H groups in total. The van der Waals surface area contributed by atoms with E-state index in [0.29, 0.717) is 9.16 Å². The average molecular weight is 575 g/mol. The zero-order valence-corrected chi connectivity index (χ0v) is 23.8. The van der Waals surface area contributed by atoms with E-state index >= 15 is 0 Å². The zero-order chi connectivity index (χ0) is 17.6. The predicted molar refractivity (Wildman–Crippen MR) is 153 cm³/mol. The van der Waals surface area contributed by atoms with Crippen molar-refractivity contribution in [2.45, 2.75) is 30.2 Å². The summed E-state index contributed by atoms with van der Waals surface area (Å²) in [6.07, 6.45) is 0. The van der Waals surface area contributed by atoms with Crippen LogP contribution in [0.15, 0.2) is 0 Å². The largest absolute Gasteiger partial charge is 0.156 e. The van der Waals surface area contributed by atoms with Crippen LogP contribution in [0.25, 0.3) is 0 Å². The Morgan fingerprint density at radius 3 is 0.923 bits per heavy atom. The molecule has 150 valence electrons. The van der Waals surface area contributed by atoms with Gasteiger partial charge in [-0.3, -0.25) is 0 Å². The molecule has 0 aromatic carbocycles. The lowest BCUT2D eigenvalue weighted by Crippen LogP contribution is -2.11. The van der Waals surface area contributed by atoms with Crippen molar-refractivity contribution in [2.75, 3.05) is 46.0 Å². The van der Waals surface area contributed by atoms with Gasteiger partial charge in [0, 0.05) is 67.0 Å². The maximum atomic E-state index is 2.18. The lowest BCUT2D eigenvalue weighted by molar-refractivity contribution is 1.27. The minimum absolute atomic E-state index is 0.700. The molecule has 4 fully saturated rings. The normalized spacial score (nSPS) is 33.7. The fourth-order valence-corrected chi connectivity index (χ4v) is 22.3. The van der Waals surface area contributed by atoms with Gasteiger partial charge in [-0.15, -0.1) is 0 Å². The topological polar surface area (TPSA) is 0 Å². The van der Waals surface area contributed by atoms with Crippen molar-refractivity contribution in [2.24, 2.45) is 0 Å². The van der Waals surface area contributed by atoms with Crippen molar-refractivity contribution in [3.63, 3.8) is 0 Å². The molecular formula is C14H22S12. The molecule has 4 saturated heterocycles. The third-order valence-electron chi connectivity index (χ3n) is 3.50. The SMILES string of the molecule is C(SSC(SSCC1CS1)C(SSCC1CS1)SSCC1CS1)C1CS1. The highest BCUT2D eigenvalue weighted by molar-refractivity contribution is 8.88. The summed E-state index contributed by atoms with van der Waals surface area (Å²) < 4.78 is 1.40. The summed E-state index contributed by atoms with van der Waals surface area (Å²) in [5, 5.41) is 3.81. The van der Waals surface area contributed by atoms with Gasteiger partial charge in [-0.25, -0.2) is 0 Å². The van der Waals surface area contributed by atoms with Crippen LogP contribution in [0, 0.1) is 0 Å². The van der Waals surface area contributed by atoms with Crippen molar-refractivity contribution in [1.82, 2.24) is 0 Å². The molecule has 26 heavy (non-hydrogen) atoms. The molecular weight excluding hydrogens is 553 g/mol. The van der Waals surface area contributed by atoms with Gasteiger partial charge >= 0.3 is 0 Å². The predicted octanol–water partition coefficient (Wildman–Crippen LogP) is 7.63. The van der Waals surface area contributed by atoms with Crippen molar-refractivity contribution >= 4 is 133 Å². The first-order valence-electron chi connectivity index (χ1n) is 8.46. The van der Waals surface area contributed by atoms with E-state index in [0.717, 1.165) is 21.0 Å². The molecule has 0 aromatic heterocycles. The van der Waals surface area contributed by atoms with Gasteiger partial charge in [-0.2, -0.15) is 47.0 Å². The van der Waals surface area contributed by atoms with Gasteiger partial charge in [0.2, 0.25) is 0 Å². The molecule has 4 atom stereocenters. The van der Waals surface area contributed by atoms with E-state index < -0.39 is 0 Å². The fraction of sp³-hybridized carbons (Fsp3) is 1.00. The van der Waals surface area contributed by atoms with Crippen molar-refractivity contribution < 1.29 is 0 Å². The van der Waals surface area contributed by atoms with E-state index in [1.54, 1.807) is 0 Å². The highest BCUT2D eigenvalue weighted by atomic mass is 33.1. The molecule has 0 nitrogen and oxygen atoms in total. The molecule has 4 aliphatic rings. The van der Waals surface area contributed by atoms with Gasteiger partial charge in [-0.05, 0) is 0 Å². The number of hydrogen-bond donors (Lipinski definition) is 0. The Bertz CT molecular complexity index is 335. The van der Waals surface area contributed by atoms with Crippen LogP contribution in [-0.2, 0) is 0 Å². The summed E-state index contributed by atoms with van der Waals surface area (Å²) in [7, 11) is 17.3. The van der Waals surface area contributed by atoms with Gasteiger partial charge in [0.05, 0.1) is 9.16 Å². The van der Waals surface area contributed by atoms with Crippen LogP contribution in [0.1, 0.15) is 0 Å². The number of hydrogen-bond acceptors (Lipinski definition) is 12. The molecule has 0 aliphatic carbocycles. The van der Waals surface area contributed by atoms with Crippen LogP contribution < -0.4 is 0 Å². The molecule has 0 spiro atoms. The third kappa shape index (κ3) is 10.7. The van der Waals surface area contributed by atoms with E-state index in [9.17, 15) is 0 Å². The molecule has 0 bridgehead atoms. The van der Waals surface area contributed by atoms with Crippen molar-refractivity contribution in [1.29, 1.82) is 0 Å². The number of rotatable bonds is 17. The average Bonchev–Trinajstić information content (AvgIpc) is 3.45. The van der Waals surface area contributed by atoms with Crippen LogP contribution in [0.5, 0.6) is 0 Å². The van der Waals surface area contributed by atoms with Crippen molar-refractivity contribution in [3.05, 3.63) is 0 Å². The zero-order valence-electron chi connectivity index (χ0n) is 14.0. The molecule has 4 unspecified atom stereocenters. The van der Waals surface area contributed by atoms with E-state index in [1.165, 1.54) is 46.0 Å². The molecule has 12 heteroatoms. The van der Waals surface area contributed by atoms with Gasteiger partial charge < -0.3 is 0 Å². The highest BCUT2D eigenvalue weighted by Gasteiger charge is 2.31. The molecule has 4 rings (SSSR count). The number of thioether (sulfide) groups is 4. The minimum atomic E-state index is 0.700. The Labute approximate surface area is 207 Å². The van der Waals surface area contributed by atoms with Crippen LogP contribution in [0.3, 0.4) is 0 Å². The Balaban J connectivity index is 1.22. The van der Waals surface area contributed by atoms with E-state index in [-0.39, 0.29) is 0 Å². The lowest BCUT2D eigenvalue weighted by atomic mass is 10.6. The van der Waals surface area contributed by atoms with Gasteiger partial charge in [0.25, 0.3) is 0 Å². The standard InChI is InChI=1S/C14H22S12/c1-9(15-1)5-19-23-13(24-20-6-10-2-16-10)14(25-21-7-11-3-17-11)26-22-8-12-4-18-12/h9-14H,1-8H2. The first kappa shape index (κ1) is 23.4. The summed E-state index contributed by atoms with van der Waals surface area (Å²) >= 11 is 8.54. The summed E-state index contributed by atoms with van der Waals surface area (Å²) in [5.74, 6) is 11.0. The quantitative estimate of drug-likeness (QED) is 0.0952. The highest BCUT2D eigenvalue weighted by Crippen LogP contribution is 2.55. The van der Waals surface area contributed by atoms with Gasteiger partial charge in [-0.1, -0.05) is 86.4 Å². The van der Waals surface area contributed by atoms with E-state index in [1.807, 2.05) is 0 Å². The summed E-state index contributed by atoms with van der Waals surface area (Å²) in [6.45, 7) is 0. The Hall–Kier alpha value is 4.20. The van der Waals surface area contributed by atoms with E-state index in [2.05, 4.69) is 133 Å². The maximum Gasteiger partial charge on any atom is 0.0936 e. The Morgan fingerprint density at radius 1 is 0.500 bits per heavy atom. The van der Waals surface area contributed by atoms with Gasteiger partial charge in [0.1, 0.15) is 0 Å². The molecule has 0 amide bonds.